The monoisotopic (exact) mass is 399 g/mol. The Kier molecular flexibility index (Phi) is 3.79. The molecule has 0 unspecified atom stereocenters. The van der Waals surface area contributed by atoms with E-state index in [0.717, 1.165) is 32.1 Å². The number of phenolic OH excluding ortho intramolecular Hbond substituents is 1. The Morgan fingerprint density at radius 3 is 2.67 bits per heavy atom. The molecule has 0 saturated carbocycles. The van der Waals surface area contributed by atoms with Crippen molar-refractivity contribution in [3.8, 4) is 5.75 Å². The van der Waals surface area contributed by atoms with Crippen LogP contribution in [0.15, 0.2) is 68.5 Å². The first-order chi connectivity index (χ1) is 11.6. The Hall–Kier alpha value is -2.30. The number of halogens is 2. The van der Waals surface area contributed by atoms with Crippen molar-refractivity contribution in [2.24, 2.45) is 4.99 Å². The van der Waals surface area contributed by atoms with E-state index in [2.05, 4.69) is 20.9 Å². The number of aliphatic imine (C=N–C) groups is 1. The lowest BCUT2D eigenvalue weighted by Gasteiger charge is -2.02. The standard InChI is InChI=1S/C19H11BrClNO2/c20-12-7-11(19(23)16(21)8-12)10-22-13-5-6-15-14-3-1-2-4-17(14)24-18(15)9-13/h1-10,23H. The van der Waals surface area contributed by atoms with E-state index in [4.69, 9.17) is 16.0 Å². The topological polar surface area (TPSA) is 45.7 Å². The summed E-state index contributed by atoms with van der Waals surface area (Å²) in [6.07, 6.45) is 1.58. The smallest absolute Gasteiger partial charge is 0.143 e. The van der Waals surface area contributed by atoms with E-state index in [1.807, 2.05) is 42.5 Å². The number of benzene rings is 3. The van der Waals surface area contributed by atoms with Crippen molar-refractivity contribution in [1.29, 1.82) is 0 Å². The molecule has 0 atom stereocenters. The molecule has 0 bridgehead atoms. The lowest BCUT2D eigenvalue weighted by molar-refractivity contribution is 0.474. The van der Waals surface area contributed by atoms with Gasteiger partial charge < -0.3 is 9.52 Å². The van der Waals surface area contributed by atoms with Crippen molar-refractivity contribution < 1.29 is 9.52 Å². The largest absolute Gasteiger partial charge is 0.506 e. The Labute approximate surface area is 151 Å². The molecule has 118 valence electrons. The summed E-state index contributed by atoms with van der Waals surface area (Å²) in [7, 11) is 0. The van der Waals surface area contributed by atoms with Crippen LogP contribution in [0.3, 0.4) is 0 Å². The third-order valence-electron chi connectivity index (χ3n) is 3.77. The Bertz CT molecular complexity index is 1100. The van der Waals surface area contributed by atoms with Gasteiger partial charge in [-0.1, -0.05) is 45.7 Å². The van der Waals surface area contributed by atoms with Crippen LogP contribution in [0.4, 0.5) is 5.69 Å². The maximum Gasteiger partial charge on any atom is 0.143 e. The van der Waals surface area contributed by atoms with Gasteiger partial charge in [0.15, 0.2) is 0 Å². The highest BCUT2D eigenvalue weighted by molar-refractivity contribution is 9.10. The summed E-state index contributed by atoms with van der Waals surface area (Å²) in [5.41, 5.74) is 2.91. The lowest BCUT2D eigenvalue weighted by atomic mass is 10.1. The summed E-state index contributed by atoms with van der Waals surface area (Å²) in [5, 5.41) is 12.4. The number of rotatable bonds is 2. The van der Waals surface area contributed by atoms with Crippen LogP contribution in [0.5, 0.6) is 5.75 Å². The Balaban J connectivity index is 1.76. The summed E-state index contributed by atoms with van der Waals surface area (Å²) in [6.45, 7) is 0. The third kappa shape index (κ3) is 2.68. The molecule has 4 rings (SSSR count). The number of nitrogens with zero attached hydrogens (tertiary/aromatic N) is 1. The van der Waals surface area contributed by atoms with Gasteiger partial charge in [0.2, 0.25) is 0 Å². The molecule has 0 saturated heterocycles. The fraction of sp³-hybridized carbons (Fsp3) is 0. The molecule has 0 spiro atoms. The van der Waals surface area contributed by atoms with Gasteiger partial charge in [0.05, 0.1) is 10.7 Å². The number of phenols is 1. The molecule has 0 amide bonds. The minimum atomic E-state index is 0.00781. The Morgan fingerprint density at radius 2 is 1.79 bits per heavy atom. The van der Waals surface area contributed by atoms with Crippen LogP contribution in [0.2, 0.25) is 5.02 Å². The first-order valence-electron chi connectivity index (χ1n) is 7.25. The minimum Gasteiger partial charge on any atom is -0.506 e. The van der Waals surface area contributed by atoms with Crippen LogP contribution in [0, 0.1) is 0 Å². The molecule has 0 fully saturated rings. The number of hydrogen-bond donors (Lipinski definition) is 1. The summed E-state index contributed by atoms with van der Waals surface area (Å²) in [4.78, 5) is 4.42. The zero-order valence-corrected chi connectivity index (χ0v) is 14.7. The molecule has 3 nitrogen and oxygen atoms in total. The van der Waals surface area contributed by atoms with Gasteiger partial charge in [0.25, 0.3) is 0 Å². The van der Waals surface area contributed by atoms with Crippen molar-refractivity contribution in [2.45, 2.75) is 0 Å². The van der Waals surface area contributed by atoms with Gasteiger partial charge in [-0.2, -0.15) is 0 Å². The number of para-hydroxylation sites is 1. The van der Waals surface area contributed by atoms with E-state index in [0.29, 0.717) is 5.56 Å². The molecule has 3 aromatic carbocycles. The van der Waals surface area contributed by atoms with Gasteiger partial charge in [-0.3, -0.25) is 4.99 Å². The highest BCUT2D eigenvalue weighted by Gasteiger charge is 2.08. The summed E-state index contributed by atoms with van der Waals surface area (Å²) >= 11 is 9.32. The summed E-state index contributed by atoms with van der Waals surface area (Å²) in [5.74, 6) is 0.00781. The number of aromatic hydroxyl groups is 1. The van der Waals surface area contributed by atoms with E-state index in [1.54, 1.807) is 18.3 Å². The normalized spacial score (nSPS) is 11.8. The van der Waals surface area contributed by atoms with Crippen molar-refractivity contribution in [3.05, 3.63) is 69.7 Å². The first-order valence-corrected chi connectivity index (χ1v) is 8.42. The summed E-state index contributed by atoms with van der Waals surface area (Å²) in [6, 6.07) is 17.1. The van der Waals surface area contributed by atoms with E-state index in [1.165, 1.54) is 0 Å². The lowest BCUT2D eigenvalue weighted by Crippen LogP contribution is -1.84. The van der Waals surface area contributed by atoms with E-state index in [9.17, 15) is 5.11 Å². The fourth-order valence-corrected chi connectivity index (χ4v) is 3.46. The molecule has 4 aromatic rings. The van der Waals surface area contributed by atoms with Gasteiger partial charge in [-0.05, 0) is 30.3 Å². The molecule has 0 aliphatic carbocycles. The maximum absolute atomic E-state index is 10.0. The van der Waals surface area contributed by atoms with Crippen molar-refractivity contribution in [3.63, 3.8) is 0 Å². The zero-order chi connectivity index (χ0) is 16.7. The first kappa shape index (κ1) is 15.2. The quantitative estimate of drug-likeness (QED) is 0.393. The van der Waals surface area contributed by atoms with Crippen LogP contribution < -0.4 is 0 Å². The molecule has 1 heterocycles. The summed E-state index contributed by atoms with van der Waals surface area (Å²) < 4.78 is 6.63. The van der Waals surface area contributed by atoms with Crippen LogP contribution in [-0.2, 0) is 0 Å². The fourth-order valence-electron chi connectivity index (χ4n) is 2.62. The molecule has 0 aliphatic heterocycles. The molecule has 5 heteroatoms. The van der Waals surface area contributed by atoms with Gasteiger partial charge in [0.1, 0.15) is 16.9 Å². The SMILES string of the molecule is Oc1c(Cl)cc(Br)cc1C=Nc1ccc2c(c1)oc1ccccc12. The highest BCUT2D eigenvalue weighted by atomic mass is 79.9. The molecule has 24 heavy (non-hydrogen) atoms. The predicted octanol–water partition coefficient (Wildman–Crippen LogP) is 6.46. The van der Waals surface area contributed by atoms with Crippen LogP contribution >= 0.6 is 27.5 Å². The molecule has 1 N–H and O–H groups in total. The third-order valence-corrected chi connectivity index (χ3v) is 4.52. The molecular formula is C19H11BrClNO2. The van der Waals surface area contributed by atoms with Crippen LogP contribution in [0.25, 0.3) is 21.9 Å². The van der Waals surface area contributed by atoms with Crippen molar-refractivity contribution in [2.75, 3.05) is 0 Å². The number of hydrogen-bond acceptors (Lipinski definition) is 3. The van der Waals surface area contributed by atoms with E-state index < -0.39 is 0 Å². The van der Waals surface area contributed by atoms with Crippen LogP contribution in [0.1, 0.15) is 5.56 Å². The molecule has 1 aromatic heterocycles. The Morgan fingerprint density at radius 1 is 1.00 bits per heavy atom. The van der Waals surface area contributed by atoms with E-state index >= 15 is 0 Å². The van der Waals surface area contributed by atoms with Crippen LogP contribution in [-0.4, -0.2) is 11.3 Å². The predicted molar refractivity (Wildman–Crippen MR) is 102 cm³/mol. The molecule has 0 aliphatic rings. The average Bonchev–Trinajstić information content (AvgIpc) is 2.94. The number of furan rings is 1. The second kappa shape index (κ2) is 5.96. The van der Waals surface area contributed by atoms with Gasteiger partial charge in [-0.25, -0.2) is 0 Å². The van der Waals surface area contributed by atoms with Gasteiger partial charge in [-0.15, -0.1) is 0 Å². The average molecular weight is 401 g/mol. The van der Waals surface area contributed by atoms with Gasteiger partial charge in [0, 0.05) is 33.1 Å². The second-order valence-corrected chi connectivity index (χ2v) is 6.69. The minimum absolute atomic E-state index is 0.00781. The second-order valence-electron chi connectivity index (χ2n) is 5.36. The van der Waals surface area contributed by atoms with Gasteiger partial charge >= 0.3 is 0 Å². The van der Waals surface area contributed by atoms with Crippen molar-refractivity contribution in [1.82, 2.24) is 0 Å². The number of fused-ring (bicyclic) bond motifs is 3. The molecular weight excluding hydrogens is 390 g/mol. The maximum atomic E-state index is 10.0. The highest BCUT2D eigenvalue weighted by Crippen LogP contribution is 2.32. The zero-order valence-electron chi connectivity index (χ0n) is 12.3. The molecule has 0 radical (unpaired) electrons. The van der Waals surface area contributed by atoms with Crippen molar-refractivity contribution >= 4 is 61.4 Å². The van der Waals surface area contributed by atoms with E-state index in [-0.39, 0.29) is 10.8 Å².